The van der Waals surface area contributed by atoms with Crippen molar-refractivity contribution in [3.05, 3.63) is 41.6 Å². The monoisotopic (exact) mass is 186 g/mol. The molecule has 2 heteroatoms. The Morgan fingerprint density at radius 3 is 2.93 bits per heavy atom. The van der Waals surface area contributed by atoms with Gasteiger partial charge in [-0.1, -0.05) is 11.6 Å². The average Bonchev–Trinajstić information content (AvgIpc) is 2.17. The molecule has 0 spiro atoms. The largest absolute Gasteiger partial charge is 0.330 e. The van der Waals surface area contributed by atoms with Gasteiger partial charge in [0.25, 0.3) is 0 Å². The van der Waals surface area contributed by atoms with Gasteiger partial charge in [0.1, 0.15) is 0 Å². The van der Waals surface area contributed by atoms with Crippen LogP contribution in [0.3, 0.4) is 0 Å². The molecule has 0 aliphatic heterocycles. The second-order valence-corrected chi connectivity index (χ2v) is 3.58. The van der Waals surface area contributed by atoms with Crippen molar-refractivity contribution >= 4 is 10.9 Å². The fourth-order valence-electron chi connectivity index (χ4n) is 1.60. The van der Waals surface area contributed by atoms with Gasteiger partial charge in [0.05, 0.1) is 5.52 Å². The Hall–Kier alpha value is -1.41. The van der Waals surface area contributed by atoms with Crippen LogP contribution in [0, 0.1) is 6.92 Å². The third-order valence-corrected chi connectivity index (χ3v) is 2.33. The quantitative estimate of drug-likeness (QED) is 0.779. The van der Waals surface area contributed by atoms with Crippen LogP contribution in [-0.2, 0) is 6.42 Å². The molecule has 0 amide bonds. The summed E-state index contributed by atoms with van der Waals surface area (Å²) in [6, 6.07) is 8.46. The van der Waals surface area contributed by atoms with Gasteiger partial charge < -0.3 is 5.73 Å². The summed E-state index contributed by atoms with van der Waals surface area (Å²) in [4.78, 5) is 4.39. The van der Waals surface area contributed by atoms with Crippen molar-refractivity contribution in [2.75, 3.05) is 6.54 Å². The number of aryl methyl sites for hydroxylation is 1. The van der Waals surface area contributed by atoms with E-state index >= 15 is 0 Å². The summed E-state index contributed by atoms with van der Waals surface area (Å²) in [6.45, 7) is 2.77. The number of nitrogens with zero attached hydrogens (tertiary/aromatic N) is 1. The molecule has 0 atom stereocenters. The highest BCUT2D eigenvalue weighted by Crippen LogP contribution is 2.15. The number of pyridine rings is 1. The summed E-state index contributed by atoms with van der Waals surface area (Å²) in [5, 5.41) is 1.20. The fourth-order valence-corrected chi connectivity index (χ4v) is 1.60. The number of hydrogen-bond donors (Lipinski definition) is 1. The second kappa shape index (κ2) is 3.76. The Balaban J connectivity index is 2.52. The molecule has 1 heterocycles. The van der Waals surface area contributed by atoms with Crippen LogP contribution in [0.15, 0.2) is 30.5 Å². The first-order valence-electron chi connectivity index (χ1n) is 4.85. The predicted octanol–water partition coefficient (Wildman–Crippen LogP) is 2.04. The summed E-state index contributed by atoms with van der Waals surface area (Å²) in [6.07, 6.45) is 2.81. The van der Waals surface area contributed by atoms with Crippen LogP contribution < -0.4 is 5.73 Å². The highest BCUT2D eigenvalue weighted by Gasteiger charge is 1.97. The van der Waals surface area contributed by atoms with Crippen LogP contribution in [0.4, 0.5) is 0 Å². The Kier molecular flexibility index (Phi) is 2.46. The predicted molar refractivity (Wildman–Crippen MR) is 59.2 cm³/mol. The Morgan fingerprint density at radius 1 is 1.29 bits per heavy atom. The Labute approximate surface area is 83.8 Å². The first kappa shape index (κ1) is 9.16. The molecule has 2 N–H and O–H groups in total. The zero-order valence-corrected chi connectivity index (χ0v) is 8.33. The van der Waals surface area contributed by atoms with Crippen LogP contribution in [0.5, 0.6) is 0 Å². The lowest BCUT2D eigenvalue weighted by Crippen LogP contribution is -2.02. The Bertz CT molecular complexity index is 449. The van der Waals surface area contributed by atoms with E-state index in [2.05, 4.69) is 36.2 Å². The maximum Gasteiger partial charge on any atom is 0.0702 e. The zero-order valence-electron chi connectivity index (χ0n) is 8.33. The summed E-state index contributed by atoms with van der Waals surface area (Å²) in [5.41, 5.74) is 9.04. The molecule has 0 unspecified atom stereocenters. The Morgan fingerprint density at radius 2 is 2.14 bits per heavy atom. The summed E-state index contributed by atoms with van der Waals surface area (Å²) in [7, 11) is 0. The SMILES string of the molecule is Cc1ccc2ncc(CCN)cc2c1. The molecule has 1 aromatic heterocycles. The van der Waals surface area contributed by atoms with Crippen molar-refractivity contribution in [3.8, 4) is 0 Å². The molecule has 1 aromatic carbocycles. The standard InChI is InChI=1S/C12H14N2/c1-9-2-3-12-11(6-9)7-10(4-5-13)8-14-12/h2-3,6-8H,4-5,13H2,1H3. The third kappa shape index (κ3) is 1.75. The van der Waals surface area contributed by atoms with Gasteiger partial charge in [-0.05, 0) is 43.7 Å². The smallest absolute Gasteiger partial charge is 0.0702 e. The molecule has 0 aliphatic rings. The molecular weight excluding hydrogens is 172 g/mol. The minimum atomic E-state index is 0.680. The maximum atomic E-state index is 5.51. The van der Waals surface area contributed by atoms with Crippen molar-refractivity contribution in [2.24, 2.45) is 5.73 Å². The maximum absolute atomic E-state index is 5.51. The molecule has 0 bridgehead atoms. The first-order chi connectivity index (χ1) is 6.79. The van der Waals surface area contributed by atoms with E-state index in [-0.39, 0.29) is 0 Å². The molecule has 2 nitrogen and oxygen atoms in total. The van der Waals surface area contributed by atoms with Gasteiger partial charge in [-0.25, -0.2) is 0 Å². The van der Waals surface area contributed by atoms with E-state index in [1.165, 1.54) is 16.5 Å². The van der Waals surface area contributed by atoms with Crippen molar-refractivity contribution in [2.45, 2.75) is 13.3 Å². The topological polar surface area (TPSA) is 38.9 Å². The van der Waals surface area contributed by atoms with Gasteiger partial charge in [0.15, 0.2) is 0 Å². The highest BCUT2D eigenvalue weighted by molar-refractivity contribution is 5.79. The summed E-state index contributed by atoms with van der Waals surface area (Å²) < 4.78 is 0. The number of aromatic nitrogens is 1. The lowest BCUT2D eigenvalue weighted by Gasteiger charge is -2.02. The molecule has 0 saturated heterocycles. The van der Waals surface area contributed by atoms with Crippen LogP contribution in [0.1, 0.15) is 11.1 Å². The molecule has 0 aliphatic carbocycles. The van der Waals surface area contributed by atoms with Crippen molar-refractivity contribution in [3.63, 3.8) is 0 Å². The summed E-state index contributed by atoms with van der Waals surface area (Å²) in [5.74, 6) is 0. The van der Waals surface area contributed by atoms with Crippen LogP contribution >= 0.6 is 0 Å². The van der Waals surface area contributed by atoms with Gasteiger partial charge in [0.2, 0.25) is 0 Å². The van der Waals surface area contributed by atoms with Crippen LogP contribution in [0.25, 0.3) is 10.9 Å². The number of rotatable bonds is 2. The number of nitrogens with two attached hydrogens (primary N) is 1. The van der Waals surface area contributed by atoms with E-state index < -0.39 is 0 Å². The van der Waals surface area contributed by atoms with Gasteiger partial charge in [0, 0.05) is 11.6 Å². The van der Waals surface area contributed by atoms with Gasteiger partial charge in [-0.3, -0.25) is 4.98 Å². The van der Waals surface area contributed by atoms with E-state index in [1.807, 2.05) is 6.20 Å². The molecule has 0 fully saturated rings. The van der Waals surface area contributed by atoms with Crippen LogP contribution in [-0.4, -0.2) is 11.5 Å². The van der Waals surface area contributed by atoms with E-state index in [9.17, 15) is 0 Å². The molecule has 14 heavy (non-hydrogen) atoms. The molecule has 2 aromatic rings. The van der Waals surface area contributed by atoms with E-state index in [0.29, 0.717) is 6.54 Å². The normalized spacial score (nSPS) is 10.7. The third-order valence-electron chi connectivity index (χ3n) is 2.33. The second-order valence-electron chi connectivity index (χ2n) is 3.58. The van der Waals surface area contributed by atoms with Gasteiger partial charge >= 0.3 is 0 Å². The average molecular weight is 186 g/mol. The minimum Gasteiger partial charge on any atom is -0.330 e. The van der Waals surface area contributed by atoms with Crippen molar-refractivity contribution in [1.82, 2.24) is 4.98 Å². The molecular formula is C12H14N2. The van der Waals surface area contributed by atoms with Crippen molar-refractivity contribution in [1.29, 1.82) is 0 Å². The van der Waals surface area contributed by atoms with E-state index in [1.54, 1.807) is 0 Å². The number of hydrogen-bond acceptors (Lipinski definition) is 2. The molecule has 72 valence electrons. The lowest BCUT2D eigenvalue weighted by atomic mass is 10.1. The van der Waals surface area contributed by atoms with Gasteiger partial charge in [-0.2, -0.15) is 0 Å². The van der Waals surface area contributed by atoms with Gasteiger partial charge in [-0.15, -0.1) is 0 Å². The zero-order chi connectivity index (χ0) is 9.97. The fraction of sp³-hybridized carbons (Fsp3) is 0.250. The minimum absolute atomic E-state index is 0.680. The van der Waals surface area contributed by atoms with E-state index in [0.717, 1.165) is 11.9 Å². The van der Waals surface area contributed by atoms with E-state index in [4.69, 9.17) is 5.73 Å². The number of benzene rings is 1. The lowest BCUT2D eigenvalue weighted by molar-refractivity contribution is 0.963. The summed E-state index contributed by atoms with van der Waals surface area (Å²) >= 11 is 0. The highest BCUT2D eigenvalue weighted by atomic mass is 14.7. The van der Waals surface area contributed by atoms with Crippen molar-refractivity contribution < 1.29 is 0 Å². The molecule has 0 saturated carbocycles. The molecule has 0 radical (unpaired) electrons. The molecule has 2 rings (SSSR count). The first-order valence-corrected chi connectivity index (χ1v) is 4.85. The van der Waals surface area contributed by atoms with Crippen LogP contribution in [0.2, 0.25) is 0 Å². The number of fused-ring (bicyclic) bond motifs is 1.